The average Bonchev–Trinajstić information content (AvgIpc) is 3.17. The Labute approximate surface area is 166 Å². The van der Waals surface area contributed by atoms with Crippen LogP contribution in [0.1, 0.15) is 45.1 Å². The van der Waals surface area contributed by atoms with Gasteiger partial charge in [-0.2, -0.15) is 0 Å². The van der Waals surface area contributed by atoms with Gasteiger partial charge in [0.25, 0.3) is 0 Å². The SMILES string of the molecule is CC(=O)c1ccc(-c2ccc(C(=O)O[C@H](C)C(=O)c3cccc(Cl)c3)o2)cc1. The quantitative estimate of drug-likeness (QED) is 0.421. The van der Waals surface area contributed by atoms with E-state index in [1.807, 2.05) is 0 Å². The number of benzene rings is 2. The third kappa shape index (κ3) is 4.38. The summed E-state index contributed by atoms with van der Waals surface area (Å²) in [5.74, 6) is -0.696. The molecule has 5 nitrogen and oxygen atoms in total. The first kappa shape index (κ1) is 19.6. The molecule has 1 heterocycles. The molecule has 0 saturated carbocycles. The standard InChI is InChI=1S/C22H17ClO5/c1-13(24)15-6-8-16(9-7-15)19-10-11-20(28-19)22(26)27-14(2)21(25)17-4-3-5-18(23)12-17/h3-12,14H,1-2H3/t14-/m1/s1. The molecule has 0 radical (unpaired) electrons. The Morgan fingerprint density at radius 1 is 0.964 bits per heavy atom. The van der Waals surface area contributed by atoms with Crippen LogP contribution in [0.15, 0.2) is 65.1 Å². The number of hydrogen-bond donors (Lipinski definition) is 0. The van der Waals surface area contributed by atoms with Crippen molar-refractivity contribution in [3.05, 3.63) is 82.6 Å². The van der Waals surface area contributed by atoms with Crippen LogP contribution in [0, 0.1) is 0 Å². The minimum absolute atomic E-state index is 0.0172. The fourth-order valence-electron chi connectivity index (χ4n) is 2.62. The van der Waals surface area contributed by atoms with E-state index in [4.69, 9.17) is 20.8 Å². The third-order valence-corrected chi connectivity index (χ3v) is 4.38. The molecule has 6 heteroatoms. The number of ether oxygens (including phenoxy) is 1. The molecule has 1 atom stereocenters. The van der Waals surface area contributed by atoms with E-state index in [0.29, 0.717) is 27.5 Å². The van der Waals surface area contributed by atoms with Crippen molar-refractivity contribution in [2.24, 2.45) is 0 Å². The van der Waals surface area contributed by atoms with Gasteiger partial charge < -0.3 is 9.15 Å². The van der Waals surface area contributed by atoms with Crippen LogP contribution in [-0.2, 0) is 4.74 Å². The lowest BCUT2D eigenvalue weighted by Crippen LogP contribution is -2.24. The van der Waals surface area contributed by atoms with Crippen molar-refractivity contribution in [2.75, 3.05) is 0 Å². The molecule has 2 aromatic carbocycles. The lowest BCUT2D eigenvalue weighted by Gasteiger charge is -2.11. The molecular formula is C22H17ClO5. The molecule has 0 aliphatic heterocycles. The van der Waals surface area contributed by atoms with E-state index in [0.717, 1.165) is 0 Å². The van der Waals surface area contributed by atoms with Crippen LogP contribution in [0.25, 0.3) is 11.3 Å². The van der Waals surface area contributed by atoms with Crippen LogP contribution in [0.2, 0.25) is 5.02 Å². The molecule has 0 aliphatic rings. The van der Waals surface area contributed by atoms with E-state index in [1.54, 1.807) is 48.5 Å². The van der Waals surface area contributed by atoms with E-state index in [2.05, 4.69) is 0 Å². The largest absolute Gasteiger partial charge is 0.449 e. The molecule has 0 saturated heterocycles. The summed E-state index contributed by atoms with van der Waals surface area (Å²) in [4.78, 5) is 36.0. The minimum Gasteiger partial charge on any atom is -0.449 e. The van der Waals surface area contributed by atoms with Gasteiger partial charge in [0.2, 0.25) is 11.5 Å². The highest BCUT2D eigenvalue weighted by atomic mass is 35.5. The fraction of sp³-hybridized carbons (Fsp3) is 0.136. The first-order valence-electron chi connectivity index (χ1n) is 8.57. The van der Waals surface area contributed by atoms with Crippen molar-refractivity contribution in [1.29, 1.82) is 0 Å². The zero-order valence-electron chi connectivity index (χ0n) is 15.3. The maximum absolute atomic E-state index is 12.4. The molecular weight excluding hydrogens is 380 g/mol. The van der Waals surface area contributed by atoms with Crippen molar-refractivity contribution in [3.63, 3.8) is 0 Å². The zero-order chi connectivity index (χ0) is 20.3. The Kier molecular flexibility index (Phi) is 5.76. The van der Waals surface area contributed by atoms with Crippen LogP contribution < -0.4 is 0 Å². The lowest BCUT2D eigenvalue weighted by atomic mass is 10.1. The second-order valence-electron chi connectivity index (χ2n) is 6.22. The van der Waals surface area contributed by atoms with Gasteiger partial charge in [0.1, 0.15) is 5.76 Å². The van der Waals surface area contributed by atoms with E-state index < -0.39 is 12.1 Å². The molecule has 3 aromatic rings. The Morgan fingerprint density at radius 3 is 2.32 bits per heavy atom. The van der Waals surface area contributed by atoms with Crippen LogP contribution >= 0.6 is 11.6 Å². The Hall–Kier alpha value is -3.18. The molecule has 28 heavy (non-hydrogen) atoms. The van der Waals surface area contributed by atoms with Gasteiger partial charge in [-0.25, -0.2) is 4.79 Å². The van der Waals surface area contributed by atoms with Gasteiger partial charge in [-0.15, -0.1) is 0 Å². The molecule has 0 N–H and O–H groups in total. The number of esters is 1. The van der Waals surface area contributed by atoms with E-state index >= 15 is 0 Å². The fourth-order valence-corrected chi connectivity index (χ4v) is 2.81. The molecule has 0 unspecified atom stereocenters. The Balaban J connectivity index is 1.70. The zero-order valence-corrected chi connectivity index (χ0v) is 16.0. The van der Waals surface area contributed by atoms with Gasteiger partial charge in [-0.1, -0.05) is 48.0 Å². The molecule has 3 rings (SSSR count). The first-order chi connectivity index (χ1) is 13.3. The van der Waals surface area contributed by atoms with E-state index in [9.17, 15) is 14.4 Å². The van der Waals surface area contributed by atoms with Crippen LogP contribution in [-0.4, -0.2) is 23.6 Å². The van der Waals surface area contributed by atoms with Gasteiger partial charge in [-0.3, -0.25) is 9.59 Å². The highest BCUT2D eigenvalue weighted by Gasteiger charge is 2.22. The van der Waals surface area contributed by atoms with E-state index in [-0.39, 0.29) is 17.3 Å². The Morgan fingerprint density at radius 2 is 1.68 bits per heavy atom. The van der Waals surface area contributed by atoms with Crippen LogP contribution in [0.3, 0.4) is 0 Å². The van der Waals surface area contributed by atoms with Gasteiger partial charge in [-0.05, 0) is 38.1 Å². The van der Waals surface area contributed by atoms with Gasteiger partial charge in [0.05, 0.1) is 0 Å². The van der Waals surface area contributed by atoms with Crippen molar-refractivity contribution >= 4 is 29.1 Å². The van der Waals surface area contributed by atoms with Gasteiger partial charge >= 0.3 is 5.97 Å². The van der Waals surface area contributed by atoms with Gasteiger partial charge in [0, 0.05) is 21.7 Å². The molecule has 0 fully saturated rings. The average molecular weight is 397 g/mol. The number of carbonyl (C=O) groups excluding carboxylic acids is 3. The normalized spacial score (nSPS) is 11.7. The summed E-state index contributed by atoms with van der Waals surface area (Å²) < 4.78 is 10.8. The smallest absolute Gasteiger partial charge is 0.374 e. The molecule has 1 aromatic heterocycles. The van der Waals surface area contributed by atoms with Gasteiger partial charge in [0.15, 0.2) is 11.9 Å². The van der Waals surface area contributed by atoms with Crippen LogP contribution in [0.5, 0.6) is 0 Å². The van der Waals surface area contributed by atoms with Crippen LogP contribution in [0.4, 0.5) is 0 Å². The summed E-state index contributed by atoms with van der Waals surface area (Å²) in [6.45, 7) is 2.98. The summed E-state index contributed by atoms with van der Waals surface area (Å²) in [6.07, 6.45) is -0.991. The summed E-state index contributed by atoms with van der Waals surface area (Å²) in [5.41, 5.74) is 1.66. The summed E-state index contributed by atoms with van der Waals surface area (Å²) in [7, 11) is 0. The molecule has 0 aliphatic carbocycles. The topological polar surface area (TPSA) is 73.6 Å². The lowest BCUT2D eigenvalue weighted by molar-refractivity contribution is 0.0290. The summed E-state index contributed by atoms with van der Waals surface area (Å²) in [5, 5.41) is 0.427. The number of halogens is 1. The molecule has 142 valence electrons. The predicted octanol–water partition coefficient (Wildman–Crippen LogP) is 5.23. The first-order valence-corrected chi connectivity index (χ1v) is 8.95. The number of rotatable bonds is 6. The number of Topliss-reactive ketones (excluding diaryl/α,β-unsaturated/α-hetero) is 2. The number of furan rings is 1. The Bertz CT molecular complexity index is 1030. The van der Waals surface area contributed by atoms with Crippen molar-refractivity contribution in [2.45, 2.75) is 20.0 Å². The maximum atomic E-state index is 12.4. The summed E-state index contributed by atoms with van der Waals surface area (Å²) in [6, 6.07) is 16.4. The number of carbonyl (C=O) groups is 3. The minimum atomic E-state index is -0.991. The highest BCUT2D eigenvalue weighted by Crippen LogP contribution is 2.24. The van der Waals surface area contributed by atoms with E-state index in [1.165, 1.54) is 26.0 Å². The molecule has 0 spiro atoms. The molecule has 0 amide bonds. The molecule has 0 bridgehead atoms. The second kappa shape index (κ2) is 8.23. The van der Waals surface area contributed by atoms with Crippen molar-refractivity contribution < 1.29 is 23.5 Å². The predicted molar refractivity (Wildman–Crippen MR) is 105 cm³/mol. The number of ketones is 2. The monoisotopic (exact) mass is 396 g/mol. The highest BCUT2D eigenvalue weighted by molar-refractivity contribution is 6.31. The summed E-state index contributed by atoms with van der Waals surface area (Å²) >= 11 is 5.89. The number of hydrogen-bond acceptors (Lipinski definition) is 5. The van der Waals surface area contributed by atoms with Crippen molar-refractivity contribution in [1.82, 2.24) is 0 Å². The second-order valence-corrected chi connectivity index (χ2v) is 6.66. The van der Waals surface area contributed by atoms with Crippen molar-refractivity contribution in [3.8, 4) is 11.3 Å². The third-order valence-electron chi connectivity index (χ3n) is 4.15. The maximum Gasteiger partial charge on any atom is 0.374 e.